The van der Waals surface area contributed by atoms with Crippen LogP contribution in [0.15, 0.2) is 52.9 Å². The SMILES string of the molecule is CCC(c1ccc(F)cc1)c1nnc(C2COc3ccccc3C2)o1. The van der Waals surface area contributed by atoms with E-state index in [-0.39, 0.29) is 17.7 Å². The molecular formula is C20H19FN2O2. The van der Waals surface area contributed by atoms with Crippen molar-refractivity contribution in [2.45, 2.75) is 31.6 Å². The number of aromatic nitrogens is 2. The molecule has 4 nitrogen and oxygen atoms in total. The monoisotopic (exact) mass is 338 g/mol. The van der Waals surface area contributed by atoms with Crippen LogP contribution < -0.4 is 4.74 Å². The van der Waals surface area contributed by atoms with Gasteiger partial charge in [0.2, 0.25) is 11.8 Å². The van der Waals surface area contributed by atoms with Gasteiger partial charge in [-0.2, -0.15) is 0 Å². The number of hydrogen-bond donors (Lipinski definition) is 0. The molecule has 0 aliphatic carbocycles. The number of para-hydroxylation sites is 1. The highest BCUT2D eigenvalue weighted by molar-refractivity contribution is 5.36. The molecule has 128 valence electrons. The van der Waals surface area contributed by atoms with Gasteiger partial charge >= 0.3 is 0 Å². The Labute approximate surface area is 145 Å². The molecular weight excluding hydrogens is 319 g/mol. The molecule has 2 aromatic carbocycles. The van der Waals surface area contributed by atoms with Crippen LogP contribution >= 0.6 is 0 Å². The molecule has 2 heterocycles. The van der Waals surface area contributed by atoms with Crippen molar-refractivity contribution in [2.75, 3.05) is 6.61 Å². The summed E-state index contributed by atoms with van der Waals surface area (Å²) in [6, 6.07) is 14.5. The van der Waals surface area contributed by atoms with Crippen molar-refractivity contribution in [1.29, 1.82) is 0 Å². The van der Waals surface area contributed by atoms with E-state index in [0.717, 1.165) is 29.7 Å². The van der Waals surface area contributed by atoms with E-state index in [1.807, 2.05) is 18.2 Å². The van der Waals surface area contributed by atoms with E-state index >= 15 is 0 Å². The third kappa shape index (κ3) is 3.14. The lowest BCUT2D eigenvalue weighted by atomic mass is 9.96. The average molecular weight is 338 g/mol. The summed E-state index contributed by atoms with van der Waals surface area (Å²) in [5.74, 6) is 1.88. The van der Waals surface area contributed by atoms with E-state index in [1.165, 1.54) is 12.1 Å². The van der Waals surface area contributed by atoms with Crippen molar-refractivity contribution >= 4 is 0 Å². The van der Waals surface area contributed by atoms with Crippen molar-refractivity contribution in [3.05, 3.63) is 77.3 Å². The van der Waals surface area contributed by atoms with Crippen LogP contribution in [0.1, 0.15) is 48.1 Å². The second-order valence-corrected chi connectivity index (χ2v) is 6.31. The fourth-order valence-corrected chi connectivity index (χ4v) is 3.29. The minimum Gasteiger partial charge on any atom is -0.492 e. The lowest BCUT2D eigenvalue weighted by molar-refractivity contribution is 0.238. The van der Waals surface area contributed by atoms with Gasteiger partial charge in [0.1, 0.15) is 18.2 Å². The minimum atomic E-state index is -0.247. The molecule has 1 aliphatic rings. The number of ether oxygens (including phenoxy) is 1. The molecule has 5 heteroatoms. The Balaban J connectivity index is 1.56. The summed E-state index contributed by atoms with van der Waals surface area (Å²) < 4.78 is 25.0. The first-order chi connectivity index (χ1) is 12.2. The minimum absolute atomic E-state index is 0.0290. The molecule has 0 amide bonds. The Morgan fingerprint density at radius 3 is 2.72 bits per heavy atom. The molecule has 25 heavy (non-hydrogen) atoms. The van der Waals surface area contributed by atoms with E-state index in [9.17, 15) is 4.39 Å². The zero-order valence-electron chi connectivity index (χ0n) is 14.0. The van der Waals surface area contributed by atoms with Gasteiger partial charge in [-0.05, 0) is 42.2 Å². The van der Waals surface area contributed by atoms with E-state index in [2.05, 4.69) is 23.2 Å². The number of hydrogen-bond acceptors (Lipinski definition) is 4. The molecule has 1 aliphatic heterocycles. The summed E-state index contributed by atoms with van der Waals surface area (Å²) >= 11 is 0. The summed E-state index contributed by atoms with van der Waals surface area (Å²) in [4.78, 5) is 0. The number of rotatable bonds is 4. The molecule has 3 aromatic rings. The molecule has 2 atom stereocenters. The standard InChI is InChI=1S/C20H19FN2O2/c1-2-17(13-7-9-16(21)10-8-13)20-23-22-19(25-20)15-11-14-5-3-4-6-18(14)24-12-15/h3-10,15,17H,2,11-12H2,1H3. The summed E-state index contributed by atoms with van der Waals surface area (Å²) in [5, 5.41) is 8.51. The first kappa shape index (κ1) is 15.8. The second kappa shape index (κ2) is 6.67. The molecule has 0 N–H and O–H groups in total. The third-order valence-electron chi connectivity index (χ3n) is 4.66. The zero-order chi connectivity index (χ0) is 17.2. The van der Waals surface area contributed by atoms with Crippen LogP contribution in [0.2, 0.25) is 0 Å². The first-order valence-electron chi connectivity index (χ1n) is 8.54. The van der Waals surface area contributed by atoms with Gasteiger partial charge in [-0.3, -0.25) is 0 Å². The molecule has 4 rings (SSSR count). The molecule has 2 unspecified atom stereocenters. The van der Waals surface area contributed by atoms with Gasteiger partial charge in [0.15, 0.2) is 0 Å². The summed E-state index contributed by atoms with van der Waals surface area (Å²) in [6.07, 6.45) is 1.63. The van der Waals surface area contributed by atoms with Crippen molar-refractivity contribution < 1.29 is 13.5 Å². The normalized spacial score (nSPS) is 17.6. The van der Waals surface area contributed by atoms with Crippen LogP contribution in [0.5, 0.6) is 5.75 Å². The predicted molar refractivity (Wildman–Crippen MR) is 91.2 cm³/mol. The maximum Gasteiger partial charge on any atom is 0.224 e. The van der Waals surface area contributed by atoms with E-state index in [0.29, 0.717) is 18.4 Å². The summed E-state index contributed by atoms with van der Waals surface area (Å²) in [6.45, 7) is 2.59. The van der Waals surface area contributed by atoms with Gasteiger partial charge in [-0.15, -0.1) is 10.2 Å². The van der Waals surface area contributed by atoms with Crippen LogP contribution in [0.4, 0.5) is 4.39 Å². The predicted octanol–water partition coefficient (Wildman–Crippen LogP) is 4.47. The lowest BCUT2D eigenvalue weighted by Crippen LogP contribution is -2.19. The number of fused-ring (bicyclic) bond motifs is 1. The van der Waals surface area contributed by atoms with Crippen LogP contribution in [0.3, 0.4) is 0 Å². The van der Waals surface area contributed by atoms with Crippen LogP contribution in [-0.4, -0.2) is 16.8 Å². The molecule has 0 bridgehead atoms. The summed E-state index contributed by atoms with van der Waals surface area (Å²) in [5.41, 5.74) is 2.13. The Hall–Kier alpha value is -2.69. The summed E-state index contributed by atoms with van der Waals surface area (Å²) in [7, 11) is 0. The van der Waals surface area contributed by atoms with E-state index in [4.69, 9.17) is 9.15 Å². The van der Waals surface area contributed by atoms with Crippen LogP contribution in [0.25, 0.3) is 0 Å². The van der Waals surface area contributed by atoms with Crippen molar-refractivity contribution in [3.63, 3.8) is 0 Å². The van der Waals surface area contributed by atoms with Gasteiger partial charge in [0.05, 0.1) is 11.8 Å². The quantitative estimate of drug-likeness (QED) is 0.704. The highest BCUT2D eigenvalue weighted by Crippen LogP contribution is 2.33. The number of benzene rings is 2. The second-order valence-electron chi connectivity index (χ2n) is 6.31. The number of nitrogens with zero attached hydrogens (tertiary/aromatic N) is 2. The molecule has 1 aromatic heterocycles. The largest absolute Gasteiger partial charge is 0.492 e. The topological polar surface area (TPSA) is 48.2 Å². The van der Waals surface area contributed by atoms with E-state index < -0.39 is 0 Å². The maximum absolute atomic E-state index is 13.2. The Morgan fingerprint density at radius 1 is 1.12 bits per heavy atom. The Morgan fingerprint density at radius 2 is 1.92 bits per heavy atom. The molecule has 0 radical (unpaired) electrons. The average Bonchev–Trinajstić information content (AvgIpc) is 3.13. The van der Waals surface area contributed by atoms with Crippen molar-refractivity contribution in [2.24, 2.45) is 0 Å². The first-order valence-corrected chi connectivity index (χ1v) is 8.54. The Kier molecular flexibility index (Phi) is 4.22. The van der Waals surface area contributed by atoms with Gasteiger partial charge in [-0.1, -0.05) is 37.3 Å². The van der Waals surface area contributed by atoms with Crippen LogP contribution in [0, 0.1) is 5.82 Å². The molecule has 0 fully saturated rings. The highest BCUT2D eigenvalue weighted by atomic mass is 19.1. The van der Waals surface area contributed by atoms with Crippen molar-refractivity contribution in [3.8, 4) is 5.75 Å². The number of halogens is 1. The lowest BCUT2D eigenvalue weighted by Gasteiger charge is -2.22. The highest BCUT2D eigenvalue weighted by Gasteiger charge is 2.27. The van der Waals surface area contributed by atoms with Gasteiger partial charge in [-0.25, -0.2) is 4.39 Å². The molecule has 0 saturated heterocycles. The smallest absolute Gasteiger partial charge is 0.224 e. The Bertz CT molecular complexity index is 860. The zero-order valence-corrected chi connectivity index (χ0v) is 14.0. The molecule has 0 spiro atoms. The van der Waals surface area contributed by atoms with Crippen molar-refractivity contribution in [1.82, 2.24) is 10.2 Å². The van der Waals surface area contributed by atoms with E-state index in [1.54, 1.807) is 12.1 Å². The maximum atomic E-state index is 13.2. The fraction of sp³-hybridized carbons (Fsp3) is 0.300. The van der Waals surface area contributed by atoms with Gasteiger partial charge in [0.25, 0.3) is 0 Å². The molecule has 0 saturated carbocycles. The van der Waals surface area contributed by atoms with Gasteiger partial charge in [0, 0.05) is 0 Å². The van der Waals surface area contributed by atoms with Gasteiger partial charge < -0.3 is 9.15 Å². The fourth-order valence-electron chi connectivity index (χ4n) is 3.29. The third-order valence-corrected chi connectivity index (χ3v) is 4.66. The van der Waals surface area contributed by atoms with Crippen LogP contribution in [-0.2, 0) is 6.42 Å².